The molecule has 10 nitrogen and oxygen atoms in total. The first kappa shape index (κ1) is 21.8. The van der Waals surface area contributed by atoms with Crippen molar-refractivity contribution in [3.8, 4) is 11.4 Å². The first-order chi connectivity index (χ1) is 16.6. The number of nitrogens with zero attached hydrogens (tertiary/aromatic N) is 6. The Balaban J connectivity index is 1.20. The largest absolute Gasteiger partial charge is 0.494 e. The van der Waals surface area contributed by atoms with Crippen LogP contribution in [-0.2, 0) is 11.3 Å². The van der Waals surface area contributed by atoms with Gasteiger partial charge in [0.1, 0.15) is 5.75 Å². The normalized spacial score (nSPS) is 14.4. The fourth-order valence-corrected chi connectivity index (χ4v) is 4.18. The highest BCUT2D eigenvalue weighted by Crippen LogP contribution is 2.20. The molecule has 3 heterocycles. The van der Waals surface area contributed by atoms with Crippen molar-refractivity contribution in [2.75, 3.05) is 32.8 Å². The number of hydrogen-bond donors (Lipinski definition) is 1. The lowest BCUT2D eigenvalue weighted by Gasteiger charge is -2.33. The molecule has 0 radical (unpaired) electrons. The van der Waals surface area contributed by atoms with Crippen molar-refractivity contribution in [3.05, 3.63) is 66.1 Å². The van der Waals surface area contributed by atoms with E-state index in [9.17, 15) is 9.59 Å². The van der Waals surface area contributed by atoms with Crippen molar-refractivity contribution < 1.29 is 14.3 Å². The van der Waals surface area contributed by atoms with Gasteiger partial charge in [0, 0.05) is 43.3 Å². The van der Waals surface area contributed by atoms with Gasteiger partial charge in [0.2, 0.25) is 0 Å². The van der Waals surface area contributed by atoms with E-state index in [0.717, 1.165) is 22.3 Å². The molecule has 5 rings (SSSR count). The molecule has 0 aliphatic carbocycles. The number of nitrogens with one attached hydrogen (secondary N) is 1. The first-order valence-electron chi connectivity index (χ1n) is 11.3. The molecule has 1 amide bonds. The number of H-pyrrole nitrogens is 1. The van der Waals surface area contributed by atoms with Crippen molar-refractivity contribution in [2.45, 2.75) is 13.5 Å². The van der Waals surface area contributed by atoms with Gasteiger partial charge < -0.3 is 14.6 Å². The maximum atomic E-state index is 12.9. The van der Waals surface area contributed by atoms with Crippen molar-refractivity contribution in [3.63, 3.8) is 0 Å². The third kappa shape index (κ3) is 4.27. The highest BCUT2D eigenvalue weighted by molar-refractivity contribution is 6.44. The van der Waals surface area contributed by atoms with Crippen molar-refractivity contribution >= 4 is 22.6 Å². The van der Waals surface area contributed by atoms with Gasteiger partial charge in [-0.15, -0.1) is 5.10 Å². The zero-order chi connectivity index (χ0) is 23.5. The van der Waals surface area contributed by atoms with Crippen LogP contribution >= 0.6 is 0 Å². The van der Waals surface area contributed by atoms with Crippen LogP contribution in [0.4, 0.5) is 0 Å². The van der Waals surface area contributed by atoms with E-state index < -0.39 is 11.7 Å². The molecule has 1 saturated heterocycles. The molecule has 0 atom stereocenters. The zero-order valence-corrected chi connectivity index (χ0v) is 18.8. The van der Waals surface area contributed by atoms with Crippen LogP contribution in [0.1, 0.15) is 23.1 Å². The summed E-state index contributed by atoms with van der Waals surface area (Å²) < 4.78 is 7.20. The smallest absolute Gasteiger partial charge is 0.295 e. The number of carbonyl (C=O) groups is 2. The highest BCUT2D eigenvalue weighted by atomic mass is 16.5. The summed E-state index contributed by atoms with van der Waals surface area (Å²) in [6.07, 6.45) is 1.61. The molecule has 10 heteroatoms. The summed E-state index contributed by atoms with van der Waals surface area (Å²) in [7, 11) is 0. The van der Waals surface area contributed by atoms with E-state index in [1.807, 2.05) is 55.5 Å². The lowest BCUT2D eigenvalue weighted by molar-refractivity contribution is -0.128. The van der Waals surface area contributed by atoms with Gasteiger partial charge in [-0.25, -0.2) is 0 Å². The Morgan fingerprint density at radius 1 is 1.03 bits per heavy atom. The molecule has 2 aromatic heterocycles. The lowest BCUT2D eigenvalue weighted by atomic mass is 10.1. The molecule has 1 fully saturated rings. The average Bonchev–Trinajstić information content (AvgIpc) is 3.51. The fraction of sp³-hybridized carbons (Fsp3) is 0.292. The summed E-state index contributed by atoms with van der Waals surface area (Å²) in [6, 6.07) is 15.1. The van der Waals surface area contributed by atoms with Crippen LogP contribution in [0.3, 0.4) is 0 Å². The predicted octanol–water partition coefficient (Wildman–Crippen LogP) is 2.07. The predicted molar refractivity (Wildman–Crippen MR) is 125 cm³/mol. The lowest BCUT2D eigenvalue weighted by Crippen LogP contribution is -2.50. The number of aromatic amines is 1. The van der Waals surface area contributed by atoms with Gasteiger partial charge in [-0.2, -0.15) is 4.68 Å². The van der Waals surface area contributed by atoms with Crippen LogP contribution in [0.5, 0.6) is 5.75 Å². The monoisotopic (exact) mass is 459 g/mol. The Morgan fingerprint density at radius 2 is 1.79 bits per heavy atom. The molecular weight excluding hydrogens is 434 g/mol. The number of aromatic nitrogens is 5. The molecule has 1 aliphatic heterocycles. The number of amides is 1. The number of carbonyl (C=O) groups excluding carboxylic acids is 2. The van der Waals surface area contributed by atoms with Crippen molar-refractivity contribution in [1.82, 2.24) is 35.0 Å². The summed E-state index contributed by atoms with van der Waals surface area (Å²) in [4.78, 5) is 32.6. The van der Waals surface area contributed by atoms with E-state index in [1.54, 1.807) is 15.8 Å². The molecular formula is C24H25N7O3. The summed E-state index contributed by atoms with van der Waals surface area (Å²) in [5.41, 5.74) is 2.10. The molecule has 0 bridgehead atoms. The first-order valence-corrected chi connectivity index (χ1v) is 11.3. The van der Waals surface area contributed by atoms with Crippen molar-refractivity contribution in [2.24, 2.45) is 0 Å². The van der Waals surface area contributed by atoms with Gasteiger partial charge in [0.05, 0.1) is 24.4 Å². The van der Waals surface area contributed by atoms with E-state index in [-0.39, 0.29) is 0 Å². The number of ketones is 1. The minimum atomic E-state index is -0.481. The maximum Gasteiger partial charge on any atom is 0.295 e. The zero-order valence-electron chi connectivity index (χ0n) is 18.8. The number of tetrazole rings is 1. The Bertz CT molecular complexity index is 1300. The number of hydrogen-bond acceptors (Lipinski definition) is 7. The second-order valence-electron chi connectivity index (χ2n) is 8.08. The summed E-state index contributed by atoms with van der Waals surface area (Å²) in [5.74, 6) is 0.552. The number of ether oxygens (including phenoxy) is 1. The third-order valence-electron chi connectivity index (χ3n) is 5.98. The molecule has 34 heavy (non-hydrogen) atoms. The minimum absolute atomic E-state index is 0.414. The van der Waals surface area contributed by atoms with Gasteiger partial charge in [-0.1, -0.05) is 18.2 Å². The second kappa shape index (κ2) is 9.44. The Kier molecular flexibility index (Phi) is 6.05. The van der Waals surface area contributed by atoms with E-state index in [1.165, 1.54) is 0 Å². The Hall–Kier alpha value is -4.05. The quantitative estimate of drug-likeness (QED) is 0.333. The summed E-state index contributed by atoms with van der Waals surface area (Å²) in [5, 5.41) is 12.9. The minimum Gasteiger partial charge on any atom is -0.494 e. The number of rotatable bonds is 7. The molecule has 0 saturated carbocycles. The maximum absolute atomic E-state index is 12.9. The highest BCUT2D eigenvalue weighted by Gasteiger charge is 2.29. The Morgan fingerprint density at radius 3 is 2.56 bits per heavy atom. The molecule has 0 unspecified atom stereocenters. The van der Waals surface area contributed by atoms with Crippen LogP contribution in [0.2, 0.25) is 0 Å². The van der Waals surface area contributed by atoms with Gasteiger partial charge in [0.15, 0.2) is 5.82 Å². The van der Waals surface area contributed by atoms with Crippen LogP contribution < -0.4 is 4.74 Å². The fourth-order valence-electron chi connectivity index (χ4n) is 4.18. The van der Waals surface area contributed by atoms with Gasteiger partial charge in [-0.05, 0) is 47.7 Å². The van der Waals surface area contributed by atoms with E-state index >= 15 is 0 Å². The number of benzene rings is 2. The number of Topliss-reactive ketones (excluding diaryl/α,β-unsaturated/α-hetero) is 1. The number of fused-ring (bicyclic) bond motifs is 1. The van der Waals surface area contributed by atoms with E-state index in [0.29, 0.717) is 50.7 Å². The van der Waals surface area contributed by atoms with Gasteiger partial charge in [0.25, 0.3) is 11.7 Å². The van der Waals surface area contributed by atoms with Crippen LogP contribution in [-0.4, -0.2) is 79.5 Å². The standard InChI is InChI=1S/C24H25N7O3/c1-2-34-18-9-7-17(8-10-18)31-22(26-27-28-31)16-29-11-13-30(14-12-29)24(33)23(32)20-15-25-21-6-4-3-5-19(20)21/h3-10,15,25H,2,11-14,16H2,1H3. The third-order valence-corrected chi connectivity index (χ3v) is 5.98. The van der Waals surface area contributed by atoms with Gasteiger partial charge >= 0.3 is 0 Å². The van der Waals surface area contributed by atoms with E-state index in [4.69, 9.17) is 4.74 Å². The van der Waals surface area contributed by atoms with Crippen molar-refractivity contribution in [1.29, 1.82) is 0 Å². The molecule has 1 aliphatic rings. The summed E-state index contributed by atoms with van der Waals surface area (Å²) in [6.45, 7) is 5.29. The molecule has 4 aromatic rings. The molecule has 0 spiro atoms. The molecule has 1 N–H and O–H groups in total. The topological polar surface area (TPSA) is 109 Å². The SMILES string of the molecule is CCOc1ccc(-n2nnnc2CN2CCN(C(=O)C(=O)c3c[nH]c4ccccc34)CC2)cc1. The second-order valence-corrected chi connectivity index (χ2v) is 8.08. The van der Waals surface area contributed by atoms with E-state index in [2.05, 4.69) is 25.4 Å². The number of piperazine rings is 1. The van der Waals surface area contributed by atoms with Crippen LogP contribution in [0.15, 0.2) is 54.7 Å². The Labute approximate surface area is 196 Å². The average molecular weight is 460 g/mol. The van der Waals surface area contributed by atoms with Gasteiger partial charge in [-0.3, -0.25) is 14.5 Å². The van der Waals surface area contributed by atoms with Crippen LogP contribution in [0, 0.1) is 0 Å². The molecule has 174 valence electrons. The summed E-state index contributed by atoms with van der Waals surface area (Å²) >= 11 is 0. The van der Waals surface area contributed by atoms with Crippen LogP contribution in [0.25, 0.3) is 16.6 Å². The molecule has 2 aromatic carbocycles. The number of para-hydroxylation sites is 1.